The van der Waals surface area contributed by atoms with Gasteiger partial charge < -0.3 is 9.47 Å². The molecule has 18 heavy (non-hydrogen) atoms. The highest BCUT2D eigenvalue weighted by Crippen LogP contribution is 2.33. The lowest BCUT2D eigenvalue weighted by Crippen LogP contribution is -1.94. The highest BCUT2D eigenvalue weighted by atomic mass is 16.7. The number of carbonyl (C=O) groups is 1. The van der Waals surface area contributed by atoms with Crippen molar-refractivity contribution in [1.29, 1.82) is 0 Å². The first-order valence-corrected chi connectivity index (χ1v) is 5.78. The summed E-state index contributed by atoms with van der Waals surface area (Å²) in [5, 5.41) is 0. The van der Waals surface area contributed by atoms with Gasteiger partial charge in [0.15, 0.2) is 11.5 Å². The van der Waals surface area contributed by atoms with E-state index in [2.05, 4.69) is 0 Å². The predicted octanol–water partition coefficient (Wildman–Crippen LogP) is 2.82. The quantitative estimate of drug-likeness (QED) is 0.774. The largest absolute Gasteiger partial charge is 0.454 e. The Hall–Kier alpha value is -2.29. The van der Waals surface area contributed by atoms with Crippen LogP contribution in [0.2, 0.25) is 0 Å². The van der Waals surface area contributed by atoms with Crippen LogP contribution in [0.4, 0.5) is 0 Å². The number of rotatable bonds is 3. The molecule has 0 saturated heterocycles. The van der Waals surface area contributed by atoms with Gasteiger partial charge in [-0.3, -0.25) is 4.79 Å². The molecule has 0 atom stereocenters. The molecule has 0 unspecified atom stereocenters. The summed E-state index contributed by atoms with van der Waals surface area (Å²) in [4.78, 5) is 11.0. The molecule has 3 heteroatoms. The van der Waals surface area contributed by atoms with Gasteiger partial charge in [0.1, 0.15) is 6.29 Å². The number of benzene rings is 2. The zero-order valence-electron chi connectivity index (χ0n) is 9.76. The van der Waals surface area contributed by atoms with Crippen molar-refractivity contribution in [1.82, 2.24) is 0 Å². The van der Waals surface area contributed by atoms with Crippen molar-refractivity contribution < 1.29 is 14.3 Å². The van der Waals surface area contributed by atoms with Gasteiger partial charge >= 0.3 is 0 Å². The fourth-order valence-electron chi connectivity index (χ4n) is 2.08. The van der Waals surface area contributed by atoms with Gasteiger partial charge in [0, 0.05) is 5.56 Å². The molecule has 0 fully saturated rings. The minimum Gasteiger partial charge on any atom is -0.454 e. The molecule has 2 aromatic carbocycles. The molecule has 0 N–H and O–H groups in total. The Balaban J connectivity index is 1.90. The van der Waals surface area contributed by atoms with Crippen LogP contribution in [0.25, 0.3) is 0 Å². The summed E-state index contributed by atoms with van der Waals surface area (Å²) in [6.45, 7) is 0.281. The lowest BCUT2D eigenvalue weighted by atomic mass is 10.0. The van der Waals surface area contributed by atoms with E-state index in [4.69, 9.17) is 9.47 Å². The van der Waals surface area contributed by atoms with Crippen molar-refractivity contribution in [2.75, 3.05) is 6.79 Å². The molecule has 1 aliphatic rings. The highest BCUT2D eigenvalue weighted by molar-refractivity contribution is 5.77. The maximum atomic E-state index is 11.0. The summed E-state index contributed by atoms with van der Waals surface area (Å²) in [6, 6.07) is 13.5. The van der Waals surface area contributed by atoms with Crippen LogP contribution in [0.5, 0.6) is 11.5 Å². The smallest absolute Gasteiger partial charge is 0.231 e. The first kappa shape index (κ1) is 10.8. The summed E-state index contributed by atoms with van der Waals surface area (Å²) >= 11 is 0. The molecule has 0 aliphatic carbocycles. The lowest BCUT2D eigenvalue weighted by Gasteiger charge is -2.05. The number of ether oxygens (including phenoxy) is 2. The van der Waals surface area contributed by atoms with E-state index in [1.54, 1.807) is 0 Å². The van der Waals surface area contributed by atoms with Gasteiger partial charge in [0.25, 0.3) is 0 Å². The molecule has 0 saturated carbocycles. The topological polar surface area (TPSA) is 35.5 Å². The Morgan fingerprint density at radius 2 is 1.89 bits per heavy atom. The standard InChI is InChI=1S/C15H12O3/c16-9-13-4-2-1-3-12(13)7-11-5-6-14-15(8-11)18-10-17-14/h1-6,8-9H,7,10H2. The molecular weight excluding hydrogens is 228 g/mol. The molecule has 2 aromatic rings. The van der Waals surface area contributed by atoms with Crippen LogP contribution in [0, 0.1) is 0 Å². The van der Waals surface area contributed by atoms with E-state index in [-0.39, 0.29) is 6.79 Å². The minimum atomic E-state index is 0.281. The van der Waals surface area contributed by atoms with Crippen LogP contribution in [0.1, 0.15) is 21.5 Å². The van der Waals surface area contributed by atoms with Crippen molar-refractivity contribution in [3.63, 3.8) is 0 Å². The normalized spacial score (nSPS) is 12.4. The van der Waals surface area contributed by atoms with E-state index in [0.29, 0.717) is 6.42 Å². The summed E-state index contributed by atoms with van der Waals surface area (Å²) in [6.07, 6.45) is 1.61. The summed E-state index contributed by atoms with van der Waals surface area (Å²) in [5.74, 6) is 1.55. The molecule has 1 heterocycles. The minimum absolute atomic E-state index is 0.281. The van der Waals surface area contributed by atoms with E-state index >= 15 is 0 Å². The third-order valence-electron chi connectivity index (χ3n) is 3.01. The molecule has 0 aromatic heterocycles. The second-order valence-corrected chi connectivity index (χ2v) is 4.18. The van der Waals surface area contributed by atoms with Crippen LogP contribution in [0.3, 0.4) is 0 Å². The van der Waals surface area contributed by atoms with Crippen LogP contribution >= 0.6 is 0 Å². The van der Waals surface area contributed by atoms with Gasteiger partial charge in [-0.15, -0.1) is 0 Å². The van der Waals surface area contributed by atoms with Crippen LogP contribution in [0.15, 0.2) is 42.5 Å². The summed E-state index contributed by atoms with van der Waals surface area (Å²) < 4.78 is 10.6. The number of carbonyl (C=O) groups excluding carboxylic acids is 1. The van der Waals surface area contributed by atoms with Crippen molar-refractivity contribution in [2.24, 2.45) is 0 Å². The van der Waals surface area contributed by atoms with E-state index in [1.807, 2.05) is 42.5 Å². The third kappa shape index (κ3) is 1.95. The third-order valence-corrected chi connectivity index (χ3v) is 3.01. The van der Waals surface area contributed by atoms with Crippen molar-refractivity contribution in [2.45, 2.75) is 6.42 Å². The predicted molar refractivity (Wildman–Crippen MR) is 67.2 cm³/mol. The van der Waals surface area contributed by atoms with E-state index in [0.717, 1.165) is 34.5 Å². The SMILES string of the molecule is O=Cc1ccccc1Cc1ccc2c(c1)OCO2. The molecule has 0 radical (unpaired) electrons. The average molecular weight is 240 g/mol. The number of aldehydes is 1. The fraction of sp³-hybridized carbons (Fsp3) is 0.133. The molecule has 3 rings (SSSR count). The van der Waals surface area contributed by atoms with E-state index in [9.17, 15) is 4.79 Å². The van der Waals surface area contributed by atoms with Crippen LogP contribution in [-0.4, -0.2) is 13.1 Å². The zero-order valence-corrected chi connectivity index (χ0v) is 9.76. The van der Waals surface area contributed by atoms with Crippen LogP contribution < -0.4 is 9.47 Å². The lowest BCUT2D eigenvalue weighted by molar-refractivity contribution is 0.112. The highest BCUT2D eigenvalue weighted by Gasteiger charge is 2.13. The Kier molecular flexibility index (Phi) is 2.73. The number of hydrogen-bond donors (Lipinski definition) is 0. The van der Waals surface area contributed by atoms with Crippen LogP contribution in [-0.2, 0) is 6.42 Å². The molecule has 0 amide bonds. The molecule has 90 valence electrons. The molecule has 0 spiro atoms. The van der Waals surface area contributed by atoms with Crippen molar-refractivity contribution in [3.05, 3.63) is 59.2 Å². The first-order chi connectivity index (χ1) is 8.86. The van der Waals surface area contributed by atoms with Gasteiger partial charge in [-0.2, -0.15) is 0 Å². The fourth-order valence-corrected chi connectivity index (χ4v) is 2.08. The van der Waals surface area contributed by atoms with Gasteiger partial charge in [0.05, 0.1) is 0 Å². The molecular formula is C15H12O3. The van der Waals surface area contributed by atoms with E-state index in [1.165, 1.54) is 0 Å². The monoisotopic (exact) mass is 240 g/mol. The van der Waals surface area contributed by atoms with Gasteiger partial charge in [-0.25, -0.2) is 0 Å². The second-order valence-electron chi connectivity index (χ2n) is 4.18. The van der Waals surface area contributed by atoms with Gasteiger partial charge in [-0.05, 0) is 29.7 Å². The number of hydrogen-bond acceptors (Lipinski definition) is 3. The second kappa shape index (κ2) is 4.53. The Bertz CT molecular complexity index is 590. The maximum Gasteiger partial charge on any atom is 0.231 e. The Morgan fingerprint density at radius 3 is 2.78 bits per heavy atom. The molecule has 3 nitrogen and oxygen atoms in total. The Labute approximate surface area is 105 Å². The molecule has 0 bridgehead atoms. The van der Waals surface area contributed by atoms with Crippen molar-refractivity contribution >= 4 is 6.29 Å². The van der Waals surface area contributed by atoms with E-state index < -0.39 is 0 Å². The maximum absolute atomic E-state index is 11.0. The van der Waals surface area contributed by atoms with Gasteiger partial charge in [-0.1, -0.05) is 30.3 Å². The zero-order chi connectivity index (χ0) is 12.4. The first-order valence-electron chi connectivity index (χ1n) is 5.78. The van der Waals surface area contributed by atoms with Crippen molar-refractivity contribution in [3.8, 4) is 11.5 Å². The number of fused-ring (bicyclic) bond motifs is 1. The van der Waals surface area contributed by atoms with Gasteiger partial charge in [0.2, 0.25) is 6.79 Å². The molecule has 1 aliphatic heterocycles. The average Bonchev–Trinajstić information content (AvgIpc) is 2.87. The Morgan fingerprint density at radius 1 is 1.06 bits per heavy atom. The summed E-state index contributed by atoms with van der Waals surface area (Å²) in [5.41, 5.74) is 2.86. The summed E-state index contributed by atoms with van der Waals surface area (Å²) in [7, 11) is 0.